The van der Waals surface area contributed by atoms with Crippen LogP contribution in [0.4, 0.5) is 5.82 Å². The van der Waals surface area contributed by atoms with Gasteiger partial charge < -0.3 is 10.6 Å². The molecule has 0 aromatic carbocycles. The number of nitrogens with one attached hydrogen (secondary N) is 2. The SMILES string of the molecule is CNc1cc(C(=O)NCc2sccc2C)ccn1. The highest BCUT2D eigenvalue weighted by Gasteiger charge is 2.07. The first kappa shape index (κ1) is 12.6. The summed E-state index contributed by atoms with van der Waals surface area (Å²) in [4.78, 5) is 17.2. The van der Waals surface area contributed by atoms with Crippen LogP contribution in [0.5, 0.6) is 0 Å². The van der Waals surface area contributed by atoms with Gasteiger partial charge in [0.05, 0.1) is 6.54 Å². The quantitative estimate of drug-likeness (QED) is 0.888. The van der Waals surface area contributed by atoms with Crippen LogP contribution in [0.1, 0.15) is 20.8 Å². The van der Waals surface area contributed by atoms with Gasteiger partial charge in [0.2, 0.25) is 0 Å². The summed E-state index contributed by atoms with van der Waals surface area (Å²) in [7, 11) is 1.78. The summed E-state index contributed by atoms with van der Waals surface area (Å²) >= 11 is 1.65. The molecule has 2 rings (SSSR count). The van der Waals surface area contributed by atoms with Gasteiger partial charge in [-0.3, -0.25) is 4.79 Å². The fourth-order valence-corrected chi connectivity index (χ4v) is 2.40. The molecular formula is C13H15N3OS. The first-order valence-corrected chi connectivity index (χ1v) is 6.53. The van der Waals surface area contributed by atoms with E-state index in [0.717, 1.165) is 0 Å². The molecule has 0 spiro atoms. The maximum Gasteiger partial charge on any atom is 0.251 e. The van der Waals surface area contributed by atoms with E-state index in [1.54, 1.807) is 36.7 Å². The molecule has 0 aliphatic rings. The summed E-state index contributed by atoms with van der Waals surface area (Å²) in [6, 6.07) is 5.49. The number of rotatable bonds is 4. The Morgan fingerprint density at radius 1 is 1.44 bits per heavy atom. The van der Waals surface area contributed by atoms with Gasteiger partial charge in [0, 0.05) is 23.7 Å². The fraction of sp³-hybridized carbons (Fsp3) is 0.231. The summed E-state index contributed by atoms with van der Waals surface area (Å²) in [6.07, 6.45) is 1.62. The fourth-order valence-electron chi connectivity index (χ4n) is 1.56. The molecule has 0 fully saturated rings. The number of hydrogen-bond donors (Lipinski definition) is 2. The lowest BCUT2D eigenvalue weighted by atomic mass is 10.2. The van der Waals surface area contributed by atoms with Gasteiger partial charge in [-0.15, -0.1) is 11.3 Å². The second-order valence-corrected chi connectivity index (χ2v) is 4.89. The summed E-state index contributed by atoms with van der Waals surface area (Å²) < 4.78 is 0. The lowest BCUT2D eigenvalue weighted by Gasteiger charge is -2.06. The maximum absolute atomic E-state index is 12.0. The lowest BCUT2D eigenvalue weighted by Crippen LogP contribution is -2.22. The van der Waals surface area contributed by atoms with Crippen molar-refractivity contribution in [2.24, 2.45) is 0 Å². The number of carbonyl (C=O) groups is 1. The molecule has 4 nitrogen and oxygen atoms in total. The molecule has 0 aliphatic heterocycles. The molecule has 2 heterocycles. The first-order valence-electron chi connectivity index (χ1n) is 5.65. The van der Waals surface area contributed by atoms with Gasteiger partial charge in [0.1, 0.15) is 5.82 Å². The molecule has 94 valence electrons. The molecular weight excluding hydrogens is 246 g/mol. The average Bonchev–Trinajstić information content (AvgIpc) is 2.81. The van der Waals surface area contributed by atoms with E-state index in [4.69, 9.17) is 0 Å². The van der Waals surface area contributed by atoms with Crippen molar-refractivity contribution >= 4 is 23.1 Å². The van der Waals surface area contributed by atoms with Gasteiger partial charge in [-0.1, -0.05) is 0 Å². The molecule has 0 saturated heterocycles. The number of carbonyl (C=O) groups excluding carboxylic acids is 1. The van der Waals surface area contributed by atoms with Crippen molar-refractivity contribution in [1.82, 2.24) is 10.3 Å². The molecule has 2 aromatic rings. The van der Waals surface area contributed by atoms with Gasteiger partial charge in [-0.2, -0.15) is 0 Å². The van der Waals surface area contributed by atoms with Crippen molar-refractivity contribution in [3.63, 3.8) is 0 Å². The number of amides is 1. The molecule has 18 heavy (non-hydrogen) atoms. The average molecular weight is 261 g/mol. The molecule has 0 atom stereocenters. The molecule has 0 aliphatic carbocycles. The highest BCUT2D eigenvalue weighted by Crippen LogP contribution is 2.15. The van der Waals surface area contributed by atoms with Crippen LogP contribution in [0.15, 0.2) is 29.8 Å². The Morgan fingerprint density at radius 2 is 2.28 bits per heavy atom. The van der Waals surface area contributed by atoms with Crippen molar-refractivity contribution in [3.05, 3.63) is 45.8 Å². The molecule has 0 radical (unpaired) electrons. The van der Waals surface area contributed by atoms with Crippen molar-refractivity contribution in [3.8, 4) is 0 Å². The standard InChI is InChI=1S/C13H15N3OS/c1-9-4-6-18-11(9)8-16-13(17)10-3-5-15-12(7-10)14-2/h3-7H,8H2,1-2H3,(H,14,15)(H,16,17). The number of aromatic nitrogens is 1. The van der Waals surface area contributed by atoms with Crippen molar-refractivity contribution < 1.29 is 4.79 Å². The number of thiophene rings is 1. The van der Waals surface area contributed by atoms with Gasteiger partial charge in [0.15, 0.2) is 0 Å². The predicted molar refractivity (Wildman–Crippen MR) is 74.0 cm³/mol. The highest BCUT2D eigenvalue weighted by atomic mass is 32.1. The number of pyridine rings is 1. The van der Waals surface area contributed by atoms with Crippen LogP contribution >= 0.6 is 11.3 Å². The minimum Gasteiger partial charge on any atom is -0.373 e. The van der Waals surface area contributed by atoms with Crippen LogP contribution in [-0.4, -0.2) is 17.9 Å². The third kappa shape index (κ3) is 2.87. The van der Waals surface area contributed by atoms with E-state index in [9.17, 15) is 4.79 Å². The van der Waals surface area contributed by atoms with E-state index >= 15 is 0 Å². The van der Waals surface area contributed by atoms with E-state index in [0.29, 0.717) is 17.9 Å². The van der Waals surface area contributed by atoms with Crippen LogP contribution in [0.3, 0.4) is 0 Å². The normalized spacial score (nSPS) is 10.1. The highest BCUT2D eigenvalue weighted by molar-refractivity contribution is 7.10. The predicted octanol–water partition coefficient (Wildman–Crippen LogP) is 2.42. The molecule has 0 bridgehead atoms. The first-order chi connectivity index (χ1) is 8.70. The van der Waals surface area contributed by atoms with Crippen LogP contribution in [0, 0.1) is 6.92 Å². The van der Waals surface area contributed by atoms with Gasteiger partial charge in [0.25, 0.3) is 5.91 Å². The molecule has 0 saturated carbocycles. The Balaban J connectivity index is 2.01. The van der Waals surface area contributed by atoms with Crippen LogP contribution in [0.2, 0.25) is 0 Å². The van der Waals surface area contributed by atoms with Gasteiger partial charge >= 0.3 is 0 Å². The zero-order chi connectivity index (χ0) is 13.0. The smallest absolute Gasteiger partial charge is 0.251 e. The zero-order valence-corrected chi connectivity index (χ0v) is 11.2. The number of hydrogen-bond acceptors (Lipinski definition) is 4. The third-order valence-electron chi connectivity index (χ3n) is 2.66. The zero-order valence-electron chi connectivity index (χ0n) is 10.4. The summed E-state index contributed by atoms with van der Waals surface area (Å²) in [5, 5.41) is 7.85. The van der Waals surface area contributed by atoms with E-state index in [1.165, 1.54) is 10.4 Å². The summed E-state index contributed by atoms with van der Waals surface area (Å²) in [5.41, 5.74) is 1.83. The van der Waals surface area contributed by atoms with E-state index in [-0.39, 0.29) is 5.91 Å². The Labute approximate surface area is 110 Å². The minimum atomic E-state index is -0.0818. The lowest BCUT2D eigenvalue weighted by molar-refractivity contribution is 0.0951. The van der Waals surface area contributed by atoms with Crippen molar-refractivity contribution in [2.75, 3.05) is 12.4 Å². The Bertz CT molecular complexity index is 551. The second kappa shape index (κ2) is 5.64. The van der Waals surface area contributed by atoms with E-state index < -0.39 is 0 Å². The van der Waals surface area contributed by atoms with E-state index in [1.807, 2.05) is 12.3 Å². The number of aryl methyl sites for hydroxylation is 1. The van der Waals surface area contributed by atoms with Crippen molar-refractivity contribution in [2.45, 2.75) is 13.5 Å². The van der Waals surface area contributed by atoms with Crippen LogP contribution in [-0.2, 0) is 6.54 Å². The maximum atomic E-state index is 12.0. The summed E-state index contributed by atoms with van der Waals surface area (Å²) in [6.45, 7) is 2.61. The molecule has 1 amide bonds. The monoisotopic (exact) mass is 261 g/mol. The Hall–Kier alpha value is -1.88. The van der Waals surface area contributed by atoms with Gasteiger partial charge in [-0.25, -0.2) is 4.98 Å². The molecule has 5 heteroatoms. The largest absolute Gasteiger partial charge is 0.373 e. The Kier molecular flexibility index (Phi) is 3.94. The molecule has 0 unspecified atom stereocenters. The van der Waals surface area contributed by atoms with Gasteiger partial charge in [-0.05, 0) is 36.1 Å². The topological polar surface area (TPSA) is 54.0 Å². The Morgan fingerprint density at radius 3 is 2.94 bits per heavy atom. The minimum absolute atomic E-state index is 0.0818. The van der Waals surface area contributed by atoms with Crippen LogP contribution in [0.25, 0.3) is 0 Å². The number of nitrogens with zero attached hydrogens (tertiary/aromatic N) is 1. The summed E-state index contributed by atoms with van der Waals surface area (Å²) in [5.74, 6) is 0.608. The number of anilines is 1. The van der Waals surface area contributed by atoms with E-state index in [2.05, 4.69) is 21.7 Å². The van der Waals surface area contributed by atoms with Crippen molar-refractivity contribution in [1.29, 1.82) is 0 Å². The molecule has 2 aromatic heterocycles. The third-order valence-corrected chi connectivity index (χ3v) is 3.68. The van der Waals surface area contributed by atoms with Crippen LogP contribution < -0.4 is 10.6 Å². The second-order valence-electron chi connectivity index (χ2n) is 3.89. The molecule has 2 N–H and O–H groups in total.